The van der Waals surface area contributed by atoms with Gasteiger partial charge in [0.2, 0.25) is 0 Å². The number of aromatic amines is 1. The molecule has 3 nitrogen and oxygen atoms in total. The fourth-order valence-corrected chi connectivity index (χ4v) is 0.499. The summed E-state index contributed by atoms with van der Waals surface area (Å²) in [7, 11) is 0. The molecule has 1 aromatic heterocycles. The highest BCUT2D eigenvalue weighted by Crippen LogP contribution is 1.88. The van der Waals surface area contributed by atoms with Crippen molar-refractivity contribution in [2.24, 2.45) is 0 Å². The number of nitrogens with zero attached hydrogens (tertiary/aromatic N) is 1. The van der Waals surface area contributed by atoms with E-state index in [0.717, 1.165) is 0 Å². The van der Waals surface area contributed by atoms with Gasteiger partial charge in [0.25, 0.3) is 0 Å². The van der Waals surface area contributed by atoms with Crippen LogP contribution < -0.4 is 0 Å². The Bertz CT molecular complexity index is 201. The molecule has 0 amide bonds. The number of carbonyl (C=O) groups excluding carboxylic acids is 1. The SMILES string of the molecule is O=CC=Cc1ncc[nH]1. The zero-order valence-electron chi connectivity index (χ0n) is 4.74. The summed E-state index contributed by atoms with van der Waals surface area (Å²) in [5.41, 5.74) is 0. The Balaban J connectivity index is 2.67. The van der Waals surface area contributed by atoms with Gasteiger partial charge in [-0.05, 0) is 12.2 Å². The van der Waals surface area contributed by atoms with E-state index in [0.29, 0.717) is 12.1 Å². The molecule has 1 heterocycles. The number of aromatic nitrogens is 2. The lowest BCUT2D eigenvalue weighted by Gasteiger charge is -1.76. The molecule has 0 aliphatic heterocycles. The summed E-state index contributed by atoms with van der Waals surface area (Å²) < 4.78 is 0. The molecule has 0 radical (unpaired) electrons. The highest BCUT2D eigenvalue weighted by molar-refractivity contribution is 5.72. The van der Waals surface area contributed by atoms with E-state index in [1.165, 1.54) is 6.08 Å². The molecule has 1 aromatic rings. The lowest BCUT2D eigenvalue weighted by molar-refractivity contribution is -0.104. The van der Waals surface area contributed by atoms with E-state index in [1.54, 1.807) is 18.5 Å². The van der Waals surface area contributed by atoms with Crippen molar-refractivity contribution in [3.05, 3.63) is 24.3 Å². The number of hydrogen-bond donors (Lipinski definition) is 1. The van der Waals surface area contributed by atoms with E-state index in [4.69, 9.17) is 0 Å². The zero-order chi connectivity index (χ0) is 6.53. The smallest absolute Gasteiger partial charge is 0.142 e. The van der Waals surface area contributed by atoms with Crippen LogP contribution in [0.15, 0.2) is 18.5 Å². The van der Waals surface area contributed by atoms with Crippen LogP contribution in [0.25, 0.3) is 6.08 Å². The van der Waals surface area contributed by atoms with Crippen molar-refractivity contribution in [2.45, 2.75) is 0 Å². The Hall–Kier alpha value is -1.38. The van der Waals surface area contributed by atoms with Crippen LogP contribution in [0.1, 0.15) is 5.82 Å². The zero-order valence-corrected chi connectivity index (χ0v) is 4.74. The molecule has 0 aliphatic carbocycles. The quantitative estimate of drug-likeness (QED) is 0.461. The van der Waals surface area contributed by atoms with Gasteiger partial charge in [0.05, 0.1) is 0 Å². The van der Waals surface area contributed by atoms with Gasteiger partial charge in [0, 0.05) is 12.4 Å². The summed E-state index contributed by atoms with van der Waals surface area (Å²) >= 11 is 0. The van der Waals surface area contributed by atoms with Crippen molar-refractivity contribution in [3.8, 4) is 0 Å². The molecule has 0 unspecified atom stereocenters. The Morgan fingerprint density at radius 2 is 2.56 bits per heavy atom. The van der Waals surface area contributed by atoms with Gasteiger partial charge in [0.15, 0.2) is 0 Å². The van der Waals surface area contributed by atoms with E-state index in [9.17, 15) is 4.79 Å². The second-order valence-corrected chi connectivity index (χ2v) is 1.47. The van der Waals surface area contributed by atoms with E-state index < -0.39 is 0 Å². The molecule has 1 N–H and O–H groups in total. The van der Waals surface area contributed by atoms with Crippen LogP contribution in [0.2, 0.25) is 0 Å². The lowest BCUT2D eigenvalue weighted by atomic mass is 10.5. The third-order valence-corrected chi connectivity index (χ3v) is 0.852. The summed E-state index contributed by atoms with van der Waals surface area (Å²) in [5.74, 6) is 0.696. The molecule has 9 heavy (non-hydrogen) atoms. The van der Waals surface area contributed by atoms with Crippen LogP contribution in [0.4, 0.5) is 0 Å². The van der Waals surface area contributed by atoms with E-state index in [1.807, 2.05) is 0 Å². The minimum Gasteiger partial charge on any atom is -0.345 e. The molecular weight excluding hydrogens is 116 g/mol. The molecule has 1 rings (SSSR count). The van der Waals surface area contributed by atoms with Gasteiger partial charge in [-0.3, -0.25) is 4.79 Å². The second-order valence-electron chi connectivity index (χ2n) is 1.47. The van der Waals surface area contributed by atoms with E-state index in [-0.39, 0.29) is 0 Å². The van der Waals surface area contributed by atoms with Crippen molar-refractivity contribution in [1.29, 1.82) is 0 Å². The van der Waals surface area contributed by atoms with Crippen LogP contribution in [0, 0.1) is 0 Å². The highest BCUT2D eigenvalue weighted by Gasteiger charge is 1.81. The van der Waals surface area contributed by atoms with Crippen molar-refractivity contribution in [1.82, 2.24) is 9.97 Å². The Morgan fingerprint density at radius 3 is 3.11 bits per heavy atom. The van der Waals surface area contributed by atoms with Gasteiger partial charge in [-0.2, -0.15) is 0 Å². The van der Waals surface area contributed by atoms with Gasteiger partial charge in [-0.15, -0.1) is 0 Å². The Kier molecular flexibility index (Phi) is 1.80. The lowest BCUT2D eigenvalue weighted by Crippen LogP contribution is -1.71. The maximum Gasteiger partial charge on any atom is 0.142 e. The molecule has 46 valence electrons. The Morgan fingerprint density at radius 1 is 1.67 bits per heavy atom. The highest BCUT2D eigenvalue weighted by atomic mass is 16.1. The summed E-state index contributed by atoms with van der Waals surface area (Å²) in [6, 6.07) is 0. The van der Waals surface area contributed by atoms with Crippen molar-refractivity contribution in [3.63, 3.8) is 0 Å². The van der Waals surface area contributed by atoms with Crippen LogP contribution in [0.3, 0.4) is 0 Å². The number of rotatable bonds is 2. The predicted octanol–water partition coefficient (Wildman–Crippen LogP) is 0.622. The largest absolute Gasteiger partial charge is 0.345 e. The number of hydrogen-bond acceptors (Lipinski definition) is 2. The molecular formula is C6H6N2O. The fourth-order valence-electron chi connectivity index (χ4n) is 0.499. The predicted molar refractivity (Wildman–Crippen MR) is 33.7 cm³/mol. The van der Waals surface area contributed by atoms with E-state index >= 15 is 0 Å². The maximum atomic E-state index is 9.77. The Labute approximate surface area is 52.4 Å². The van der Waals surface area contributed by atoms with Crippen LogP contribution in [-0.2, 0) is 4.79 Å². The molecule has 0 saturated heterocycles. The number of aldehydes is 1. The summed E-state index contributed by atoms with van der Waals surface area (Å²) in [5, 5.41) is 0. The molecule has 0 saturated carbocycles. The summed E-state index contributed by atoms with van der Waals surface area (Å²) in [6.45, 7) is 0. The summed E-state index contributed by atoms with van der Waals surface area (Å²) in [6.07, 6.45) is 7.03. The monoisotopic (exact) mass is 122 g/mol. The third kappa shape index (κ3) is 1.53. The number of imidazole rings is 1. The number of nitrogens with one attached hydrogen (secondary N) is 1. The number of allylic oxidation sites excluding steroid dienone is 1. The molecule has 0 aromatic carbocycles. The minimum absolute atomic E-state index is 0.696. The number of carbonyl (C=O) groups is 1. The first-order chi connectivity index (χ1) is 4.43. The van der Waals surface area contributed by atoms with Crippen LogP contribution in [0.5, 0.6) is 0 Å². The average molecular weight is 122 g/mol. The maximum absolute atomic E-state index is 9.77. The normalized spacial score (nSPS) is 10.2. The van der Waals surface area contributed by atoms with Crippen molar-refractivity contribution in [2.75, 3.05) is 0 Å². The van der Waals surface area contributed by atoms with Gasteiger partial charge in [-0.1, -0.05) is 0 Å². The molecule has 0 spiro atoms. The van der Waals surface area contributed by atoms with Gasteiger partial charge in [0.1, 0.15) is 12.1 Å². The van der Waals surface area contributed by atoms with Crippen molar-refractivity contribution >= 4 is 12.4 Å². The standard InChI is InChI=1S/C6H6N2O/c9-5-1-2-6-7-3-4-8-6/h1-5H,(H,7,8). The third-order valence-electron chi connectivity index (χ3n) is 0.852. The topological polar surface area (TPSA) is 45.8 Å². The van der Waals surface area contributed by atoms with Crippen molar-refractivity contribution < 1.29 is 4.79 Å². The van der Waals surface area contributed by atoms with Crippen LogP contribution in [-0.4, -0.2) is 16.3 Å². The summed E-state index contributed by atoms with van der Waals surface area (Å²) in [4.78, 5) is 16.4. The minimum atomic E-state index is 0.696. The second kappa shape index (κ2) is 2.81. The molecule has 0 atom stereocenters. The van der Waals surface area contributed by atoms with Gasteiger partial charge >= 0.3 is 0 Å². The molecule has 0 fully saturated rings. The molecule has 3 heteroatoms. The van der Waals surface area contributed by atoms with Gasteiger partial charge in [-0.25, -0.2) is 4.98 Å². The fraction of sp³-hybridized carbons (Fsp3) is 0. The first-order valence-electron chi connectivity index (χ1n) is 2.54. The average Bonchev–Trinajstić information content (AvgIpc) is 2.34. The molecule has 0 bridgehead atoms. The van der Waals surface area contributed by atoms with E-state index in [2.05, 4.69) is 9.97 Å². The van der Waals surface area contributed by atoms with Crippen LogP contribution >= 0.6 is 0 Å². The first-order valence-corrected chi connectivity index (χ1v) is 2.54. The van der Waals surface area contributed by atoms with Gasteiger partial charge < -0.3 is 4.98 Å². The first kappa shape index (κ1) is 5.75. The molecule has 0 aliphatic rings. The number of H-pyrrole nitrogens is 1.